The van der Waals surface area contributed by atoms with Crippen molar-refractivity contribution in [3.8, 4) is 5.75 Å². The van der Waals surface area contributed by atoms with E-state index in [1.165, 1.54) is 7.11 Å². The molecule has 6 nitrogen and oxygen atoms in total. The van der Waals surface area contributed by atoms with E-state index in [9.17, 15) is 4.79 Å². The van der Waals surface area contributed by atoms with Crippen LogP contribution in [-0.4, -0.2) is 21.6 Å². The molecule has 2 N–H and O–H groups in total. The van der Waals surface area contributed by atoms with Crippen LogP contribution < -0.4 is 15.6 Å². The Morgan fingerprint density at radius 3 is 2.74 bits per heavy atom. The molecule has 2 aromatic carbocycles. The molecule has 0 unspecified atom stereocenters. The number of hydrogen-bond acceptors (Lipinski definition) is 4. The normalized spacial score (nSPS) is 10.9. The highest BCUT2D eigenvalue weighted by Gasteiger charge is 2.12. The molecule has 0 bridgehead atoms. The lowest BCUT2D eigenvalue weighted by Gasteiger charge is -2.15. The van der Waals surface area contributed by atoms with Gasteiger partial charge in [0.25, 0.3) is 0 Å². The van der Waals surface area contributed by atoms with Crippen LogP contribution in [0.15, 0.2) is 65.6 Å². The van der Waals surface area contributed by atoms with Crippen LogP contribution in [0.3, 0.4) is 0 Å². The van der Waals surface area contributed by atoms with Gasteiger partial charge in [-0.2, -0.15) is 4.98 Å². The summed E-state index contributed by atoms with van der Waals surface area (Å²) in [6.07, 6.45) is 1.69. The number of nitrogens with zero attached hydrogens (tertiary/aromatic N) is 2. The maximum atomic E-state index is 12.2. The molecule has 2 heterocycles. The first-order valence-electron chi connectivity index (χ1n) is 8.69. The van der Waals surface area contributed by atoms with Gasteiger partial charge in [-0.1, -0.05) is 36.4 Å². The van der Waals surface area contributed by atoms with Gasteiger partial charge in [0, 0.05) is 16.6 Å². The van der Waals surface area contributed by atoms with Gasteiger partial charge in [0.1, 0.15) is 0 Å². The molecule has 0 atom stereocenters. The van der Waals surface area contributed by atoms with E-state index >= 15 is 0 Å². The first-order valence-corrected chi connectivity index (χ1v) is 8.69. The lowest BCUT2D eigenvalue weighted by molar-refractivity contribution is 0.402. The Hall–Kier alpha value is -3.54. The van der Waals surface area contributed by atoms with Crippen LogP contribution in [0.2, 0.25) is 0 Å². The number of methoxy groups -OCH3 is 1. The standard InChI is InChI=1S/C21H20N4O2/c1-14-11-16-17(22-14)9-6-10-18(16)23-21-24-20(26)19(27-2)13-25(21)12-15-7-4-3-5-8-15/h3-11,13,22H,12H2,1-2H3,(H,23,24,26). The lowest BCUT2D eigenvalue weighted by atomic mass is 10.2. The Labute approximate surface area is 156 Å². The summed E-state index contributed by atoms with van der Waals surface area (Å²) in [5.74, 6) is 0.684. The van der Waals surface area contributed by atoms with Crippen LogP contribution >= 0.6 is 0 Å². The third-order valence-corrected chi connectivity index (χ3v) is 4.42. The molecule has 0 aliphatic carbocycles. The zero-order valence-electron chi connectivity index (χ0n) is 15.2. The maximum Gasteiger partial charge on any atom is 0.316 e. The molecule has 4 aromatic rings. The molecule has 0 aliphatic heterocycles. The molecular weight excluding hydrogens is 340 g/mol. The van der Waals surface area contributed by atoms with Crippen LogP contribution in [-0.2, 0) is 6.54 Å². The molecule has 0 saturated heterocycles. The number of aromatic nitrogens is 3. The van der Waals surface area contributed by atoms with Crippen LogP contribution in [0, 0.1) is 6.92 Å². The average Bonchev–Trinajstić information content (AvgIpc) is 3.06. The average molecular weight is 360 g/mol. The molecule has 0 amide bonds. The second-order valence-corrected chi connectivity index (χ2v) is 6.40. The number of hydrogen-bond donors (Lipinski definition) is 2. The minimum absolute atomic E-state index is 0.215. The van der Waals surface area contributed by atoms with E-state index < -0.39 is 5.56 Å². The van der Waals surface area contributed by atoms with Crippen molar-refractivity contribution in [2.24, 2.45) is 0 Å². The first-order chi connectivity index (χ1) is 13.1. The second kappa shape index (κ2) is 6.99. The van der Waals surface area contributed by atoms with Gasteiger partial charge in [0.15, 0.2) is 0 Å². The minimum Gasteiger partial charge on any atom is -0.490 e. The Morgan fingerprint density at radius 1 is 1.15 bits per heavy atom. The van der Waals surface area contributed by atoms with Gasteiger partial charge in [-0.25, -0.2) is 0 Å². The summed E-state index contributed by atoms with van der Waals surface area (Å²) in [5.41, 5.74) is 3.69. The van der Waals surface area contributed by atoms with Gasteiger partial charge in [-0.15, -0.1) is 0 Å². The second-order valence-electron chi connectivity index (χ2n) is 6.40. The van der Waals surface area contributed by atoms with E-state index in [0.717, 1.165) is 27.8 Å². The number of fused-ring (bicyclic) bond motifs is 1. The van der Waals surface area contributed by atoms with E-state index in [-0.39, 0.29) is 5.75 Å². The smallest absolute Gasteiger partial charge is 0.316 e. The summed E-state index contributed by atoms with van der Waals surface area (Å²) >= 11 is 0. The molecule has 0 aliphatic rings. The van der Waals surface area contributed by atoms with Crippen molar-refractivity contribution in [1.29, 1.82) is 0 Å². The van der Waals surface area contributed by atoms with E-state index in [1.807, 2.05) is 60.0 Å². The van der Waals surface area contributed by atoms with Crippen LogP contribution in [0.25, 0.3) is 10.9 Å². The van der Waals surface area contributed by atoms with Gasteiger partial charge < -0.3 is 19.6 Å². The monoisotopic (exact) mass is 360 g/mol. The van der Waals surface area contributed by atoms with Crippen molar-refractivity contribution in [2.75, 3.05) is 12.4 Å². The third kappa shape index (κ3) is 3.42. The minimum atomic E-state index is -0.401. The fraction of sp³-hybridized carbons (Fsp3) is 0.143. The van der Waals surface area contributed by atoms with Gasteiger partial charge in [-0.3, -0.25) is 4.79 Å². The SMILES string of the molecule is COc1cn(Cc2ccccc2)c(Nc2cccc3[nH]c(C)cc23)nc1=O. The highest BCUT2D eigenvalue weighted by molar-refractivity contribution is 5.93. The van der Waals surface area contributed by atoms with Crippen molar-refractivity contribution in [3.63, 3.8) is 0 Å². The predicted molar refractivity (Wildman–Crippen MR) is 107 cm³/mol. The highest BCUT2D eigenvalue weighted by atomic mass is 16.5. The van der Waals surface area contributed by atoms with Crippen molar-refractivity contribution in [1.82, 2.24) is 14.5 Å². The largest absolute Gasteiger partial charge is 0.490 e. The number of aromatic amines is 1. The van der Waals surface area contributed by atoms with E-state index in [0.29, 0.717) is 12.5 Å². The fourth-order valence-electron chi connectivity index (χ4n) is 3.14. The van der Waals surface area contributed by atoms with Crippen molar-refractivity contribution in [3.05, 3.63) is 82.4 Å². The van der Waals surface area contributed by atoms with Gasteiger partial charge in [0.05, 0.1) is 25.5 Å². The number of rotatable bonds is 5. The predicted octanol–water partition coefficient (Wildman–Crippen LogP) is 3.83. The lowest BCUT2D eigenvalue weighted by Crippen LogP contribution is -2.18. The molecule has 0 spiro atoms. The van der Waals surface area contributed by atoms with E-state index in [2.05, 4.69) is 21.4 Å². The summed E-state index contributed by atoms with van der Waals surface area (Å²) in [5, 5.41) is 4.37. The number of anilines is 2. The highest BCUT2D eigenvalue weighted by Crippen LogP contribution is 2.26. The van der Waals surface area contributed by atoms with Gasteiger partial charge >= 0.3 is 5.56 Å². The first kappa shape index (κ1) is 16.9. The molecule has 0 fully saturated rings. The molecule has 136 valence electrons. The quantitative estimate of drug-likeness (QED) is 0.567. The zero-order valence-corrected chi connectivity index (χ0v) is 15.2. The molecule has 4 rings (SSSR count). The Kier molecular flexibility index (Phi) is 4.38. The molecule has 6 heteroatoms. The van der Waals surface area contributed by atoms with Crippen LogP contribution in [0.4, 0.5) is 11.6 Å². The summed E-state index contributed by atoms with van der Waals surface area (Å²) in [7, 11) is 1.47. The summed E-state index contributed by atoms with van der Waals surface area (Å²) in [4.78, 5) is 19.8. The maximum absolute atomic E-state index is 12.2. The zero-order chi connectivity index (χ0) is 18.8. The molecule has 0 radical (unpaired) electrons. The third-order valence-electron chi connectivity index (χ3n) is 4.42. The number of nitrogens with one attached hydrogen (secondary N) is 2. The van der Waals surface area contributed by atoms with Crippen LogP contribution in [0.1, 0.15) is 11.3 Å². The van der Waals surface area contributed by atoms with Crippen LogP contribution in [0.5, 0.6) is 5.75 Å². The molecular formula is C21H20N4O2. The number of H-pyrrole nitrogens is 1. The number of ether oxygens (including phenoxy) is 1. The van der Waals surface area contributed by atoms with Crippen molar-refractivity contribution in [2.45, 2.75) is 13.5 Å². The Bertz CT molecular complexity index is 1150. The topological polar surface area (TPSA) is 71.9 Å². The molecule has 0 saturated carbocycles. The van der Waals surface area contributed by atoms with Crippen molar-refractivity contribution < 1.29 is 4.74 Å². The Morgan fingerprint density at radius 2 is 1.96 bits per heavy atom. The van der Waals surface area contributed by atoms with E-state index in [4.69, 9.17) is 4.74 Å². The summed E-state index contributed by atoms with van der Waals surface area (Å²) in [6.45, 7) is 2.58. The molecule has 27 heavy (non-hydrogen) atoms. The van der Waals surface area contributed by atoms with E-state index in [1.54, 1.807) is 6.20 Å². The van der Waals surface area contributed by atoms with Crippen molar-refractivity contribution >= 4 is 22.5 Å². The number of aryl methyl sites for hydroxylation is 1. The van der Waals surface area contributed by atoms with Gasteiger partial charge in [-0.05, 0) is 30.7 Å². The summed E-state index contributed by atoms with van der Waals surface area (Å²) in [6, 6.07) is 18.0. The Balaban J connectivity index is 1.78. The fourth-order valence-corrected chi connectivity index (χ4v) is 3.14. The van der Waals surface area contributed by atoms with Gasteiger partial charge in [0.2, 0.25) is 11.7 Å². The summed E-state index contributed by atoms with van der Waals surface area (Å²) < 4.78 is 7.06. The molecule has 2 aromatic heterocycles. The number of benzene rings is 2.